The summed E-state index contributed by atoms with van der Waals surface area (Å²) in [5.74, 6) is -4.04. The molecule has 4 atom stereocenters. The number of aldehydes is 1. The smallest absolute Gasteiger partial charge is 0.508 e. The van der Waals surface area contributed by atoms with Crippen molar-refractivity contribution in [1.29, 1.82) is 0 Å². The first-order valence-electron chi connectivity index (χ1n) is 18.1. The largest absolute Gasteiger partial charge is 0.514 e. The van der Waals surface area contributed by atoms with Crippen LogP contribution in [-0.4, -0.2) is 88.9 Å². The normalized spacial score (nSPS) is 23.7. The van der Waals surface area contributed by atoms with Crippen molar-refractivity contribution in [3.05, 3.63) is 93.4 Å². The number of methoxy groups -OCH3 is 1. The molecule has 2 N–H and O–H groups in total. The summed E-state index contributed by atoms with van der Waals surface area (Å²) in [6.45, 7) is 6.65. The Morgan fingerprint density at radius 3 is 2.49 bits per heavy atom. The maximum atomic E-state index is 15.0. The first-order valence-corrected chi connectivity index (χ1v) is 18.1. The Kier molecular flexibility index (Phi) is 9.02. The minimum atomic E-state index is -2.59. The molecule has 1 aliphatic heterocycles. The van der Waals surface area contributed by atoms with Crippen molar-refractivity contribution in [3.8, 4) is 17.4 Å². The van der Waals surface area contributed by atoms with Gasteiger partial charge in [-0.05, 0) is 62.4 Å². The quantitative estimate of drug-likeness (QED) is 0.133. The number of carbonyl (C=O) groups excluding carboxylic acids is 4. The SMILES string of the molecule is COc1c2c(c(OC(=O)OC(C)(C)C)c3cc(C=O)ccc13)C(=O)C1=C(O)[C@]3(O)C(=O)c4c(OCc5ccccc5)noc4[C@@H](N4CCOCC4)[C@@H]3C[C@@H]1C2. The highest BCUT2D eigenvalue weighted by Gasteiger charge is 2.64. The fraction of sp³-hybridized carbons (Fsp3) is 0.390. The molecule has 0 unspecified atom stereocenters. The van der Waals surface area contributed by atoms with Gasteiger partial charge in [0.1, 0.15) is 35.6 Å². The van der Waals surface area contributed by atoms with Crippen LogP contribution >= 0.6 is 0 Å². The summed E-state index contributed by atoms with van der Waals surface area (Å²) in [7, 11) is 1.45. The molecule has 4 aliphatic rings. The van der Waals surface area contributed by atoms with Gasteiger partial charge >= 0.3 is 6.16 Å². The summed E-state index contributed by atoms with van der Waals surface area (Å²) in [6.07, 6.45) is -0.317. The average molecular weight is 753 g/mol. The van der Waals surface area contributed by atoms with Gasteiger partial charge < -0.3 is 38.4 Å². The standard InChI is InChI=1S/C41H40N2O12/c1-40(2,3)54-39(48)53-34-25-16-22(19-44)10-11-24(25)33(50-4)26-17-23-18-27-31(43-12-14-51-15-13-43)35-30(38(42-55-35)52-20-21-8-6-5-7-9-21)37(47)41(27,49)36(46)28(23)32(45)29(26)34/h5-11,16,19,23,27,31,46,49H,12-15,17-18,20H2,1-4H3/t23-,27-,31-,41-/m0/s1. The van der Waals surface area contributed by atoms with Gasteiger partial charge in [0.15, 0.2) is 22.9 Å². The number of carbonyl (C=O) groups is 4. The predicted molar refractivity (Wildman–Crippen MR) is 194 cm³/mol. The highest BCUT2D eigenvalue weighted by atomic mass is 16.7. The first kappa shape index (κ1) is 36.4. The second-order valence-corrected chi connectivity index (χ2v) is 15.2. The fourth-order valence-corrected chi connectivity index (χ4v) is 8.53. The lowest BCUT2D eigenvalue weighted by molar-refractivity contribution is -0.0807. The van der Waals surface area contributed by atoms with Crippen molar-refractivity contribution >= 4 is 34.8 Å². The van der Waals surface area contributed by atoms with Crippen LogP contribution in [0.15, 0.2) is 64.4 Å². The molecule has 2 heterocycles. The van der Waals surface area contributed by atoms with Crippen LogP contribution in [0.25, 0.3) is 10.8 Å². The second kappa shape index (κ2) is 13.6. The zero-order valence-electron chi connectivity index (χ0n) is 30.7. The molecule has 286 valence electrons. The molecule has 0 bridgehead atoms. The molecule has 0 spiro atoms. The third-order valence-corrected chi connectivity index (χ3v) is 10.8. The minimum Gasteiger partial charge on any atom is -0.508 e. The Morgan fingerprint density at radius 2 is 1.80 bits per heavy atom. The summed E-state index contributed by atoms with van der Waals surface area (Å²) < 4.78 is 34.7. The van der Waals surface area contributed by atoms with Crippen LogP contribution in [0.1, 0.15) is 81.2 Å². The summed E-state index contributed by atoms with van der Waals surface area (Å²) >= 11 is 0. The van der Waals surface area contributed by atoms with Gasteiger partial charge in [-0.3, -0.25) is 19.3 Å². The molecule has 0 radical (unpaired) electrons. The fourth-order valence-electron chi connectivity index (χ4n) is 8.53. The van der Waals surface area contributed by atoms with Crippen LogP contribution in [0.2, 0.25) is 0 Å². The molecule has 14 nitrogen and oxygen atoms in total. The first-order chi connectivity index (χ1) is 26.3. The van der Waals surface area contributed by atoms with E-state index in [4.69, 9.17) is 28.2 Å². The van der Waals surface area contributed by atoms with Crippen LogP contribution in [0, 0.1) is 11.8 Å². The highest BCUT2D eigenvalue weighted by molar-refractivity contribution is 6.19. The molecule has 1 saturated heterocycles. The molecule has 3 aromatic carbocycles. The van der Waals surface area contributed by atoms with E-state index in [0.717, 1.165) is 5.56 Å². The van der Waals surface area contributed by atoms with Gasteiger partial charge in [0.05, 0.1) is 31.9 Å². The lowest BCUT2D eigenvalue weighted by Crippen LogP contribution is -2.60. The van der Waals surface area contributed by atoms with E-state index in [9.17, 15) is 29.4 Å². The number of fused-ring (bicyclic) bond motifs is 5. The summed E-state index contributed by atoms with van der Waals surface area (Å²) in [5, 5.41) is 29.8. The number of aromatic nitrogens is 1. The van der Waals surface area contributed by atoms with Crippen LogP contribution < -0.4 is 14.2 Å². The molecular formula is C41H40N2O12. The number of morpholine rings is 1. The molecule has 1 fully saturated rings. The lowest BCUT2D eigenvalue weighted by atomic mass is 9.58. The number of ether oxygens (including phenoxy) is 5. The van der Waals surface area contributed by atoms with Gasteiger partial charge in [-0.1, -0.05) is 36.4 Å². The number of Topliss-reactive ketones (excluding diaryl/α,β-unsaturated/α-hetero) is 2. The van der Waals surface area contributed by atoms with E-state index in [1.165, 1.54) is 13.2 Å². The topological polar surface area (TPSA) is 184 Å². The summed E-state index contributed by atoms with van der Waals surface area (Å²) in [5.41, 5.74) is -2.56. The van der Waals surface area contributed by atoms with Crippen molar-refractivity contribution in [2.75, 3.05) is 33.4 Å². The molecule has 0 saturated carbocycles. The van der Waals surface area contributed by atoms with Crippen molar-refractivity contribution in [2.24, 2.45) is 11.8 Å². The van der Waals surface area contributed by atoms with E-state index in [1.54, 1.807) is 32.9 Å². The lowest BCUT2D eigenvalue weighted by Gasteiger charge is -2.51. The van der Waals surface area contributed by atoms with Crippen molar-refractivity contribution < 1.29 is 57.6 Å². The van der Waals surface area contributed by atoms with Gasteiger partial charge in [-0.25, -0.2) is 4.79 Å². The third-order valence-electron chi connectivity index (χ3n) is 10.8. The molecule has 0 amide bonds. The molecule has 8 rings (SSSR count). The molecule has 4 aromatic rings. The third kappa shape index (κ3) is 5.95. The van der Waals surface area contributed by atoms with Crippen molar-refractivity contribution in [3.63, 3.8) is 0 Å². The zero-order valence-corrected chi connectivity index (χ0v) is 30.7. The number of aliphatic hydroxyl groups excluding tert-OH is 1. The van der Waals surface area contributed by atoms with Gasteiger partial charge in [0.2, 0.25) is 5.78 Å². The number of hydrogen-bond donors (Lipinski definition) is 2. The number of ketones is 2. The molecule has 1 aromatic heterocycles. The Hall–Kier alpha value is -5.57. The Balaban J connectivity index is 1.29. The highest BCUT2D eigenvalue weighted by Crippen LogP contribution is 2.58. The number of nitrogens with zero attached hydrogens (tertiary/aromatic N) is 2. The Labute approximate surface area is 315 Å². The Bertz CT molecular complexity index is 2270. The minimum absolute atomic E-state index is 0.0453. The number of benzene rings is 3. The second-order valence-electron chi connectivity index (χ2n) is 15.2. The van der Waals surface area contributed by atoms with Crippen LogP contribution in [0.4, 0.5) is 4.79 Å². The predicted octanol–water partition coefficient (Wildman–Crippen LogP) is 5.73. The Morgan fingerprint density at radius 1 is 1.05 bits per heavy atom. The van der Waals surface area contributed by atoms with Crippen molar-refractivity contribution in [1.82, 2.24) is 10.1 Å². The maximum Gasteiger partial charge on any atom is 0.514 e. The number of aliphatic hydroxyl groups is 2. The van der Waals surface area contributed by atoms with E-state index in [2.05, 4.69) is 5.16 Å². The monoisotopic (exact) mass is 752 g/mol. The zero-order chi connectivity index (χ0) is 38.8. The maximum absolute atomic E-state index is 15.0. The molecule has 3 aliphatic carbocycles. The van der Waals surface area contributed by atoms with Crippen molar-refractivity contribution in [2.45, 2.75) is 57.5 Å². The molecular weight excluding hydrogens is 712 g/mol. The van der Waals surface area contributed by atoms with Crippen LogP contribution in [-0.2, 0) is 22.5 Å². The van der Waals surface area contributed by atoms with E-state index >= 15 is 0 Å². The van der Waals surface area contributed by atoms with Gasteiger partial charge in [-0.2, -0.15) is 0 Å². The number of hydrogen-bond acceptors (Lipinski definition) is 14. The number of rotatable bonds is 7. The van der Waals surface area contributed by atoms with Gasteiger partial charge in [0.25, 0.3) is 5.88 Å². The molecule has 55 heavy (non-hydrogen) atoms. The van der Waals surface area contributed by atoms with Gasteiger partial charge in [-0.15, -0.1) is 0 Å². The van der Waals surface area contributed by atoms with E-state index in [0.29, 0.717) is 49.3 Å². The van der Waals surface area contributed by atoms with Crippen LogP contribution in [0.3, 0.4) is 0 Å². The van der Waals surface area contributed by atoms with E-state index in [1.807, 2.05) is 35.2 Å². The number of allylic oxidation sites excluding steroid dienone is 1. The molecule has 14 heteroatoms. The van der Waals surface area contributed by atoms with Crippen LogP contribution in [0.5, 0.6) is 17.4 Å². The van der Waals surface area contributed by atoms with Gasteiger partial charge in [0, 0.05) is 46.5 Å². The van der Waals surface area contributed by atoms with E-state index < -0.39 is 52.6 Å². The summed E-state index contributed by atoms with van der Waals surface area (Å²) in [6, 6.07) is 13.2. The van der Waals surface area contributed by atoms with E-state index in [-0.39, 0.29) is 64.5 Å². The average Bonchev–Trinajstić information content (AvgIpc) is 3.59. The summed E-state index contributed by atoms with van der Waals surface area (Å²) in [4.78, 5) is 56.8.